The number of phenols is 1. The van der Waals surface area contributed by atoms with Crippen LogP contribution in [0.5, 0.6) is 5.75 Å². The lowest BCUT2D eigenvalue weighted by atomic mass is 9.75. The third-order valence-electron chi connectivity index (χ3n) is 6.50. The number of hydrogen-bond donors (Lipinski definition) is 1. The summed E-state index contributed by atoms with van der Waals surface area (Å²) >= 11 is 3.48. The molecule has 5 heteroatoms. The molecule has 1 aliphatic rings. The molecule has 4 nitrogen and oxygen atoms in total. The highest BCUT2D eigenvalue weighted by Gasteiger charge is 2.38. The van der Waals surface area contributed by atoms with Gasteiger partial charge in [0.1, 0.15) is 11.9 Å². The van der Waals surface area contributed by atoms with E-state index < -0.39 is 17.7 Å². The maximum atomic E-state index is 13.6. The Labute approximate surface area is 200 Å². The van der Waals surface area contributed by atoms with Gasteiger partial charge in [0.05, 0.1) is 5.60 Å². The van der Waals surface area contributed by atoms with Gasteiger partial charge < -0.3 is 14.6 Å². The summed E-state index contributed by atoms with van der Waals surface area (Å²) in [5, 5.41) is 12.8. The Morgan fingerprint density at radius 2 is 1.88 bits per heavy atom. The molecular weight excluding hydrogens is 468 g/mol. The molecule has 4 atom stereocenters. The summed E-state index contributed by atoms with van der Waals surface area (Å²) in [5.41, 5.74) is 0.702. The average molecular weight is 505 g/mol. The highest BCUT2D eigenvalue weighted by atomic mass is 79.9. The first kappa shape index (κ1) is 25.0. The Morgan fingerprint density at radius 3 is 2.50 bits per heavy atom. The quantitative estimate of drug-likeness (QED) is 0.428. The second-order valence-electron chi connectivity index (χ2n) is 10.7. The Bertz CT molecular complexity index is 976. The topological polar surface area (TPSA) is 55.8 Å². The molecule has 0 heterocycles. The third kappa shape index (κ3) is 5.66. The molecule has 0 radical (unpaired) electrons. The van der Waals surface area contributed by atoms with Gasteiger partial charge in [-0.25, -0.2) is 4.79 Å². The van der Waals surface area contributed by atoms with Crippen molar-refractivity contribution in [1.29, 1.82) is 0 Å². The van der Waals surface area contributed by atoms with Crippen LogP contribution in [-0.2, 0) is 14.3 Å². The van der Waals surface area contributed by atoms with Crippen molar-refractivity contribution in [3.8, 4) is 5.75 Å². The van der Waals surface area contributed by atoms with E-state index in [9.17, 15) is 9.90 Å². The zero-order valence-electron chi connectivity index (χ0n) is 20.4. The molecule has 1 fully saturated rings. The number of benzene rings is 2. The minimum absolute atomic E-state index is 0.0740. The number of hydrogen-bond acceptors (Lipinski definition) is 4. The van der Waals surface area contributed by atoms with E-state index >= 15 is 0 Å². The molecule has 32 heavy (non-hydrogen) atoms. The van der Waals surface area contributed by atoms with Crippen molar-refractivity contribution in [2.45, 2.75) is 85.5 Å². The molecule has 0 aromatic heterocycles. The van der Waals surface area contributed by atoms with Crippen LogP contribution in [0.1, 0.15) is 78.0 Å². The summed E-state index contributed by atoms with van der Waals surface area (Å²) in [7, 11) is 0. The van der Waals surface area contributed by atoms with E-state index in [-0.39, 0.29) is 11.9 Å². The van der Waals surface area contributed by atoms with Gasteiger partial charge >= 0.3 is 5.97 Å². The van der Waals surface area contributed by atoms with E-state index in [2.05, 4.69) is 36.7 Å². The number of carbonyl (C=O) groups excluding carboxylic acids is 1. The number of rotatable bonds is 5. The van der Waals surface area contributed by atoms with Crippen molar-refractivity contribution >= 4 is 32.7 Å². The lowest BCUT2D eigenvalue weighted by molar-refractivity contribution is -0.179. The Hall–Kier alpha value is -1.59. The summed E-state index contributed by atoms with van der Waals surface area (Å²) in [6, 6.07) is 7.74. The molecule has 176 valence electrons. The van der Waals surface area contributed by atoms with Gasteiger partial charge in [0.15, 0.2) is 6.10 Å². The normalized spacial score (nSPS) is 22.8. The van der Waals surface area contributed by atoms with Gasteiger partial charge in [0.2, 0.25) is 0 Å². The fourth-order valence-corrected chi connectivity index (χ4v) is 5.23. The Kier molecular flexibility index (Phi) is 7.61. The van der Waals surface area contributed by atoms with Gasteiger partial charge in [-0.2, -0.15) is 0 Å². The average Bonchev–Trinajstić information content (AvgIpc) is 2.66. The van der Waals surface area contributed by atoms with Gasteiger partial charge in [-0.15, -0.1) is 0 Å². The van der Waals surface area contributed by atoms with E-state index in [4.69, 9.17) is 9.47 Å². The predicted octanol–water partition coefficient (Wildman–Crippen LogP) is 7.48. The first-order valence-corrected chi connectivity index (χ1v) is 12.5. The van der Waals surface area contributed by atoms with Crippen LogP contribution in [0.2, 0.25) is 0 Å². The van der Waals surface area contributed by atoms with E-state index in [0.29, 0.717) is 28.7 Å². The van der Waals surface area contributed by atoms with Crippen molar-refractivity contribution < 1.29 is 19.4 Å². The second-order valence-corrected chi connectivity index (χ2v) is 11.6. The Balaban J connectivity index is 2.03. The Morgan fingerprint density at radius 1 is 1.19 bits per heavy atom. The van der Waals surface area contributed by atoms with Crippen molar-refractivity contribution in [3.63, 3.8) is 0 Å². The van der Waals surface area contributed by atoms with Crippen LogP contribution in [0.25, 0.3) is 10.8 Å². The van der Waals surface area contributed by atoms with Gasteiger partial charge in [0, 0.05) is 15.4 Å². The first-order chi connectivity index (χ1) is 14.9. The van der Waals surface area contributed by atoms with Crippen LogP contribution in [0, 0.1) is 24.7 Å². The molecule has 0 bridgehead atoms. The summed E-state index contributed by atoms with van der Waals surface area (Å²) in [5.74, 6) is 0.961. The molecule has 3 rings (SSSR count). The van der Waals surface area contributed by atoms with E-state index in [0.717, 1.165) is 34.7 Å². The van der Waals surface area contributed by atoms with Gasteiger partial charge in [-0.1, -0.05) is 55.3 Å². The zero-order valence-corrected chi connectivity index (χ0v) is 22.0. The molecule has 1 N–H and O–H groups in total. The number of aryl methyl sites for hydroxylation is 1. The summed E-state index contributed by atoms with van der Waals surface area (Å²) in [4.78, 5) is 13.6. The minimum Gasteiger partial charge on any atom is -0.507 e. The standard InChI is InChI=1S/C27H37BrO4/c1-15(2)20-11-8-16(3)12-22(20)31-26(30)25(32-27(5,6)7)23-17(4)13-18-9-10-19(28)14-21(18)24(23)29/h9-10,13-16,20,22,25,29H,8,11-12H2,1-7H3. The van der Waals surface area contributed by atoms with Crippen molar-refractivity contribution in [1.82, 2.24) is 0 Å². The minimum atomic E-state index is -0.997. The molecule has 1 aliphatic carbocycles. The first-order valence-electron chi connectivity index (χ1n) is 11.7. The van der Waals surface area contributed by atoms with E-state index in [1.165, 1.54) is 0 Å². The number of phenolic OH excluding ortho intramolecular Hbond substituents is 1. The smallest absolute Gasteiger partial charge is 0.340 e. The largest absolute Gasteiger partial charge is 0.507 e. The maximum Gasteiger partial charge on any atom is 0.340 e. The highest BCUT2D eigenvalue weighted by Crippen LogP contribution is 2.41. The van der Waals surface area contributed by atoms with Crippen molar-refractivity contribution in [2.24, 2.45) is 17.8 Å². The molecule has 0 saturated heterocycles. The molecule has 0 spiro atoms. The van der Waals surface area contributed by atoms with Crippen LogP contribution in [-0.4, -0.2) is 22.8 Å². The number of fused-ring (bicyclic) bond motifs is 1. The number of aromatic hydroxyl groups is 1. The second kappa shape index (κ2) is 9.72. The van der Waals surface area contributed by atoms with E-state index in [1.807, 2.05) is 52.0 Å². The molecule has 0 aliphatic heterocycles. The highest BCUT2D eigenvalue weighted by molar-refractivity contribution is 9.10. The van der Waals surface area contributed by atoms with Gasteiger partial charge in [-0.05, 0) is 81.4 Å². The number of ether oxygens (including phenoxy) is 2. The fourth-order valence-electron chi connectivity index (χ4n) is 4.87. The van der Waals surface area contributed by atoms with Crippen molar-refractivity contribution in [3.05, 3.63) is 39.9 Å². The van der Waals surface area contributed by atoms with Crippen LogP contribution < -0.4 is 0 Å². The molecular formula is C27H37BrO4. The van der Waals surface area contributed by atoms with Crippen LogP contribution in [0.3, 0.4) is 0 Å². The van der Waals surface area contributed by atoms with Gasteiger partial charge in [-0.3, -0.25) is 0 Å². The molecule has 4 unspecified atom stereocenters. The lowest BCUT2D eigenvalue weighted by Crippen LogP contribution is -2.38. The summed E-state index contributed by atoms with van der Waals surface area (Å²) < 4.78 is 13.3. The summed E-state index contributed by atoms with van der Waals surface area (Å²) in [6.07, 6.45) is 1.97. The van der Waals surface area contributed by atoms with Crippen LogP contribution in [0.4, 0.5) is 0 Å². The molecule has 2 aromatic carbocycles. The predicted molar refractivity (Wildman–Crippen MR) is 133 cm³/mol. The van der Waals surface area contributed by atoms with Crippen LogP contribution in [0.15, 0.2) is 28.7 Å². The van der Waals surface area contributed by atoms with E-state index in [1.54, 1.807) is 0 Å². The fraction of sp³-hybridized carbons (Fsp3) is 0.593. The monoisotopic (exact) mass is 504 g/mol. The van der Waals surface area contributed by atoms with Gasteiger partial charge in [0.25, 0.3) is 0 Å². The third-order valence-corrected chi connectivity index (χ3v) is 6.99. The summed E-state index contributed by atoms with van der Waals surface area (Å²) in [6.45, 7) is 14.3. The SMILES string of the molecule is Cc1cc2ccc(Br)cc2c(O)c1C(OC(C)(C)C)C(=O)OC1CC(C)CCC1C(C)C. The molecule has 2 aromatic rings. The molecule has 1 saturated carbocycles. The molecule has 0 amide bonds. The maximum absolute atomic E-state index is 13.6. The number of halogens is 1. The number of carbonyl (C=O) groups is 1. The van der Waals surface area contributed by atoms with Crippen molar-refractivity contribution in [2.75, 3.05) is 0 Å². The number of esters is 1. The lowest BCUT2D eigenvalue weighted by Gasteiger charge is -2.38. The zero-order chi connectivity index (χ0) is 23.8. The van der Waals surface area contributed by atoms with Crippen LogP contribution >= 0.6 is 15.9 Å².